The van der Waals surface area contributed by atoms with Crippen molar-refractivity contribution in [3.8, 4) is 119 Å². The first-order valence-electron chi connectivity index (χ1n) is 32.1. The molecule has 0 saturated carbocycles. The Hall–Kier alpha value is -11.7. The topological polar surface area (TPSA) is 63.2 Å². The minimum absolute atomic E-state index is 0. The molecule has 0 aliphatic carbocycles. The maximum absolute atomic E-state index is 5.18. The van der Waals surface area contributed by atoms with Crippen LogP contribution in [-0.2, 0) is 20.1 Å². The largest absolute Gasteiger partial charge is 3.00 e. The molecule has 0 aliphatic rings. The molecule has 0 N–H and O–H groups in total. The first-order valence-corrected chi connectivity index (χ1v) is 32.1. The average molecular weight is 1440 g/mol. The van der Waals surface area contributed by atoms with Gasteiger partial charge in [-0.25, -0.2) is 0 Å². The molecule has 0 spiro atoms. The van der Waals surface area contributed by atoms with E-state index in [4.69, 9.17) is 15.0 Å². The molecule has 0 aliphatic heterocycles. The van der Waals surface area contributed by atoms with Crippen LogP contribution in [-0.4, -0.2) is 70.9 Å². The second kappa shape index (κ2) is 30.6. The molecular formula is C87H72IrN9. The van der Waals surface area contributed by atoms with Crippen molar-refractivity contribution < 1.29 is 20.1 Å². The standard InChI is InChI=1S/3C29H24N3.Ir/c3*1-31(2)25-18-20-26(21-19-25)32-28(23-14-8-4-9-15-23)27(22-12-6-3-7-13-22)30-29(32)24-16-10-5-11-17-24;/h3*3-16,18-21H,1-2H3;/q3*-1;+3. The molecule has 0 bridgehead atoms. The summed E-state index contributed by atoms with van der Waals surface area (Å²) in [6.07, 6.45) is 0. The molecule has 15 aromatic rings. The number of rotatable bonds is 15. The maximum Gasteiger partial charge on any atom is 3.00 e. The van der Waals surface area contributed by atoms with Gasteiger partial charge < -0.3 is 28.4 Å². The Morgan fingerprint density at radius 2 is 0.443 bits per heavy atom. The van der Waals surface area contributed by atoms with Crippen molar-refractivity contribution in [2.75, 3.05) is 57.0 Å². The average Bonchev–Trinajstić information content (AvgIpc) is 1.63. The van der Waals surface area contributed by atoms with Crippen LogP contribution in [0.2, 0.25) is 0 Å². The van der Waals surface area contributed by atoms with Crippen molar-refractivity contribution in [2.24, 2.45) is 0 Å². The van der Waals surface area contributed by atoms with Gasteiger partial charge in [0.15, 0.2) is 0 Å². The van der Waals surface area contributed by atoms with E-state index in [9.17, 15) is 0 Å². The Labute approximate surface area is 583 Å². The molecule has 0 amide bonds. The van der Waals surface area contributed by atoms with E-state index in [-0.39, 0.29) is 20.1 Å². The van der Waals surface area contributed by atoms with Crippen LogP contribution in [0.15, 0.2) is 328 Å². The molecule has 0 radical (unpaired) electrons. The molecule has 0 fully saturated rings. The number of anilines is 3. The quantitative estimate of drug-likeness (QED) is 0.0953. The third kappa shape index (κ3) is 14.5. The number of benzene rings is 12. The van der Waals surface area contributed by atoms with Crippen molar-refractivity contribution in [3.63, 3.8) is 0 Å². The Morgan fingerprint density at radius 3 is 0.639 bits per heavy atom. The Kier molecular flexibility index (Phi) is 20.6. The normalized spacial score (nSPS) is 10.7. The third-order valence-corrected chi connectivity index (χ3v) is 16.6. The van der Waals surface area contributed by atoms with Gasteiger partial charge in [-0.1, -0.05) is 182 Å². The van der Waals surface area contributed by atoms with E-state index >= 15 is 0 Å². The van der Waals surface area contributed by atoms with Crippen LogP contribution in [0.4, 0.5) is 17.1 Å². The molecule has 3 heterocycles. The van der Waals surface area contributed by atoms with Gasteiger partial charge >= 0.3 is 20.1 Å². The van der Waals surface area contributed by atoms with Crippen LogP contribution in [0.25, 0.3) is 119 Å². The summed E-state index contributed by atoms with van der Waals surface area (Å²) in [6.45, 7) is 0. The van der Waals surface area contributed by atoms with Gasteiger partial charge in [0.1, 0.15) is 0 Å². The van der Waals surface area contributed by atoms with Crippen LogP contribution in [0.5, 0.6) is 0 Å². The zero-order valence-electron chi connectivity index (χ0n) is 55.0. The fourth-order valence-electron chi connectivity index (χ4n) is 11.8. The smallest absolute Gasteiger partial charge is 0.378 e. The van der Waals surface area contributed by atoms with Crippen molar-refractivity contribution >= 4 is 17.1 Å². The van der Waals surface area contributed by atoms with Crippen LogP contribution >= 0.6 is 0 Å². The van der Waals surface area contributed by atoms with E-state index in [1.807, 2.05) is 91.0 Å². The van der Waals surface area contributed by atoms with Crippen molar-refractivity contribution in [2.45, 2.75) is 0 Å². The fraction of sp³-hybridized carbons (Fsp3) is 0.0690. The van der Waals surface area contributed by atoms with Gasteiger partial charge in [-0.05, 0) is 89.5 Å². The Morgan fingerprint density at radius 1 is 0.237 bits per heavy atom. The molecule has 10 heteroatoms. The minimum Gasteiger partial charge on any atom is -0.378 e. The molecule has 3 aromatic heterocycles. The van der Waals surface area contributed by atoms with E-state index in [1.54, 1.807) is 0 Å². The SMILES string of the molecule is CN(C)c1ccc(-n2c(-c3[c-]cccc3)nc(-c3ccccc3)c2-c2ccccc2)cc1.CN(C)c1ccc(-n2c(-c3[c-]cccc3)nc(-c3ccccc3)c2-c2ccccc2)cc1.CN(C)c1ccc(-n2c(-c3[c-]cccc3)nc(-c3ccccc3)c2-c2ccccc2)cc1.[Ir+3]. The number of nitrogens with zero attached hydrogens (tertiary/aromatic N) is 9. The van der Waals surface area contributed by atoms with Gasteiger partial charge in [-0.15, -0.1) is 108 Å². The molecule has 12 aromatic carbocycles. The molecule has 15 rings (SSSR count). The van der Waals surface area contributed by atoms with Gasteiger partial charge in [0, 0.05) is 93.1 Å². The van der Waals surface area contributed by atoms with Gasteiger partial charge in [0.05, 0.1) is 51.6 Å². The summed E-state index contributed by atoms with van der Waals surface area (Å²) in [4.78, 5) is 21.9. The van der Waals surface area contributed by atoms with E-state index in [0.29, 0.717) is 0 Å². The summed E-state index contributed by atoms with van der Waals surface area (Å²) in [7, 11) is 12.3. The van der Waals surface area contributed by atoms with Crippen molar-refractivity contribution in [1.82, 2.24) is 28.7 Å². The zero-order chi connectivity index (χ0) is 65.7. The third-order valence-electron chi connectivity index (χ3n) is 16.6. The van der Waals surface area contributed by atoms with Gasteiger partial charge in [0.25, 0.3) is 0 Å². The number of aromatic nitrogens is 6. The van der Waals surface area contributed by atoms with Crippen LogP contribution in [0.3, 0.4) is 0 Å². The molecule has 97 heavy (non-hydrogen) atoms. The number of hydrogen-bond donors (Lipinski definition) is 0. The van der Waals surface area contributed by atoms with Gasteiger partial charge in [0.2, 0.25) is 0 Å². The minimum atomic E-state index is 0. The summed E-state index contributed by atoms with van der Waals surface area (Å²) >= 11 is 0. The molecule has 0 atom stereocenters. The first-order chi connectivity index (χ1) is 47.2. The number of hydrogen-bond acceptors (Lipinski definition) is 6. The van der Waals surface area contributed by atoms with E-state index in [0.717, 1.165) is 136 Å². The van der Waals surface area contributed by atoms with Crippen molar-refractivity contribution in [1.29, 1.82) is 0 Å². The molecule has 0 saturated heterocycles. The van der Waals surface area contributed by atoms with E-state index in [1.165, 1.54) is 0 Å². The second-order valence-electron chi connectivity index (χ2n) is 23.7. The summed E-state index contributed by atoms with van der Waals surface area (Å²) < 4.78 is 6.76. The van der Waals surface area contributed by atoms with Crippen LogP contribution < -0.4 is 14.7 Å². The second-order valence-corrected chi connectivity index (χ2v) is 23.7. The number of imidazole rings is 3. The Bertz CT molecular complexity index is 4420. The molecule has 474 valence electrons. The van der Waals surface area contributed by atoms with E-state index < -0.39 is 0 Å². The fourth-order valence-corrected chi connectivity index (χ4v) is 11.8. The summed E-state index contributed by atoms with van der Waals surface area (Å²) in [6, 6.07) is 123. The van der Waals surface area contributed by atoms with Gasteiger partial charge in [-0.3, -0.25) is 15.0 Å². The summed E-state index contributed by atoms with van der Waals surface area (Å²) in [5.41, 5.74) is 22.3. The monoisotopic (exact) mass is 1440 g/mol. The zero-order valence-corrected chi connectivity index (χ0v) is 57.4. The predicted molar refractivity (Wildman–Crippen MR) is 399 cm³/mol. The Balaban J connectivity index is 0.000000138. The summed E-state index contributed by atoms with van der Waals surface area (Å²) in [5, 5.41) is 0. The first kappa shape index (κ1) is 65.4. The predicted octanol–water partition coefficient (Wildman–Crippen LogP) is 20.2. The summed E-state index contributed by atoms with van der Waals surface area (Å²) in [5.74, 6) is 2.63. The molecular weight excluding hydrogens is 1360 g/mol. The van der Waals surface area contributed by atoms with E-state index in [2.05, 4.69) is 325 Å². The molecule has 0 unspecified atom stereocenters. The maximum atomic E-state index is 5.18. The van der Waals surface area contributed by atoms with Crippen molar-refractivity contribution in [3.05, 3.63) is 346 Å². The van der Waals surface area contributed by atoms with Crippen LogP contribution in [0.1, 0.15) is 0 Å². The van der Waals surface area contributed by atoms with Crippen LogP contribution in [0, 0.1) is 18.2 Å². The molecule has 9 nitrogen and oxygen atoms in total. The van der Waals surface area contributed by atoms with Gasteiger partial charge in [-0.2, -0.15) is 0 Å².